The SMILES string of the molecule is CNC(c1ccc(C)c(Cl)c1)c1ccc(F)c(Cl)c1. The van der Waals surface area contributed by atoms with Crippen molar-refractivity contribution < 1.29 is 4.39 Å². The fourth-order valence-electron chi connectivity index (χ4n) is 2.01. The molecule has 0 aliphatic carbocycles. The van der Waals surface area contributed by atoms with E-state index in [-0.39, 0.29) is 11.1 Å². The van der Waals surface area contributed by atoms with Gasteiger partial charge in [-0.15, -0.1) is 0 Å². The van der Waals surface area contributed by atoms with E-state index in [2.05, 4.69) is 5.32 Å². The molecule has 2 rings (SSSR count). The van der Waals surface area contributed by atoms with Crippen LogP contribution in [0.5, 0.6) is 0 Å². The number of benzene rings is 2. The maximum absolute atomic E-state index is 13.2. The van der Waals surface area contributed by atoms with Crippen LogP contribution in [0.1, 0.15) is 22.7 Å². The minimum Gasteiger partial charge on any atom is -0.309 e. The fraction of sp³-hybridized carbons (Fsp3) is 0.200. The van der Waals surface area contributed by atoms with Crippen LogP contribution in [0.3, 0.4) is 0 Å². The van der Waals surface area contributed by atoms with Gasteiger partial charge in [0.05, 0.1) is 11.1 Å². The summed E-state index contributed by atoms with van der Waals surface area (Å²) in [6.45, 7) is 1.95. The average molecular weight is 298 g/mol. The molecular weight excluding hydrogens is 284 g/mol. The van der Waals surface area contributed by atoms with Gasteiger partial charge in [0.25, 0.3) is 0 Å². The standard InChI is InChI=1S/C15H14Cl2FN/c1-9-3-4-10(7-12(9)16)15(19-2)11-5-6-14(18)13(17)8-11/h3-8,15,19H,1-2H3. The monoisotopic (exact) mass is 297 g/mol. The van der Waals surface area contributed by atoms with Crippen molar-refractivity contribution in [1.29, 1.82) is 0 Å². The second-order valence-electron chi connectivity index (χ2n) is 4.40. The Balaban J connectivity index is 2.43. The van der Waals surface area contributed by atoms with Crippen molar-refractivity contribution in [1.82, 2.24) is 5.32 Å². The predicted molar refractivity (Wildman–Crippen MR) is 78.5 cm³/mol. The van der Waals surface area contributed by atoms with Gasteiger partial charge in [-0.2, -0.15) is 0 Å². The molecule has 0 aliphatic heterocycles. The van der Waals surface area contributed by atoms with Crippen LogP contribution >= 0.6 is 23.2 Å². The molecule has 0 amide bonds. The maximum Gasteiger partial charge on any atom is 0.141 e. The molecule has 0 aliphatic rings. The summed E-state index contributed by atoms with van der Waals surface area (Å²) in [7, 11) is 1.84. The molecule has 1 atom stereocenters. The van der Waals surface area contributed by atoms with E-state index >= 15 is 0 Å². The third kappa shape index (κ3) is 3.08. The number of rotatable bonds is 3. The Kier molecular flexibility index (Phi) is 4.46. The van der Waals surface area contributed by atoms with Gasteiger partial charge >= 0.3 is 0 Å². The molecule has 0 saturated heterocycles. The lowest BCUT2D eigenvalue weighted by Gasteiger charge is -2.18. The van der Waals surface area contributed by atoms with Crippen molar-refractivity contribution >= 4 is 23.2 Å². The van der Waals surface area contributed by atoms with Gasteiger partial charge < -0.3 is 5.32 Å². The summed E-state index contributed by atoms with van der Waals surface area (Å²) in [6, 6.07) is 10.5. The molecule has 0 aromatic heterocycles. The van der Waals surface area contributed by atoms with E-state index in [0.717, 1.165) is 16.7 Å². The molecule has 0 saturated carbocycles. The van der Waals surface area contributed by atoms with E-state index in [1.54, 1.807) is 12.1 Å². The van der Waals surface area contributed by atoms with Crippen LogP contribution in [-0.2, 0) is 0 Å². The van der Waals surface area contributed by atoms with Gasteiger partial charge in [-0.3, -0.25) is 0 Å². The van der Waals surface area contributed by atoms with Crippen molar-refractivity contribution in [2.24, 2.45) is 0 Å². The molecule has 19 heavy (non-hydrogen) atoms. The Morgan fingerprint density at radius 1 is 1.00 bits per heavy atom. The van der Waals surface area contributed by atoms with E-state index in [0.29, 0.717) is 5.02 Å². The zero-order valence-electron chi connectivity index (χ0n) is 10.7. The number of halogens is 3. The lowest BCUT2D eigenvalue weighted by molar-refractivity contribution is 0.624. The first kappa shape index (κ1) is 14.3. The summed E-state index contributed by atoms with van der Waals surface area (Å²) in [5.41, 5.74) is 2.94. The first-order valence-corrected chi connectivity index (χ1v) is 6.66. The molecule has 100 valence electrons. The van der Waals surface area contributed by atoms with E-state index in [1.165, 1.54) is 6.07 Å². The van der Waals surface area contributed by atoms with Gasteiger partial charge in [-0.25, -0.2) is 4.39 Å². The Hall–Kier alpha value is -1.09. The lowest BCUT2D eigenvalue weighted by atomic mass is 9.98. The van der Waals surface area contributed by atoms with E-state index in [4.69, 9.17) is 23.2 Å². The van der Waals surface area contributed by atoms with Crippen LogP contribution in [-0.4, -0.2) is 7.05 Å². The number of hydrogen-bond acceptors (Lipinski definition) is 1. The van der Waals surface area contributed by atoms with Gasteiger partial charge in [-0.05, 0) is 48.9 Å². The number of hydrogen-bond donors (Lipinski definition) is 1. The van der Waals surface area contributed by atoms with Crippen LogP contribution in [0, 0.1) is 12.7 Å². The topological polar surface area (TPSA) is 12.0 Å². The molecule has 0 fully saturated rings. The minimum atomic E-state index is -0.415. The second-order valence-corrected chi connectivity index (χ2v) is 5.22. The largest absolute Gasteiger partial charge is 0.309 e. The van der Waals surface area contributed by atoms with Gasteiger partial charge in [0.2, 0.25) is 0 Å². The molecule has 0 bridgehead atoms. The Morgan fingerprint density at radius 2 is 1.58 bits per heavy atom. The van der Waals surface area contributed by atoms with Crippen molar-refractivity contribution in [2.45, 2.75) is 13.0 Å². The Labute approximate surface area is 122 Å². The summed E-state index contributed by atoms with van der Waals surface area (Å²) in [5.74, 6) is -0.415. The van der Waals surface area contributed by atoms with Crippen LogP contribution in [0.25, 0.3) is 0 Å². The molecule has 2 aromatic carbocycles. The number of nitrogens with one attached hydrogen (secondary N) is 1. The molecule has 0 spiro atoms. The van der Waals surface area contributed by atoms with Gasteiger partial charge in [0.1, 0.15) is 5.82 Å². The van der Waals surface area contributed by atoms with Crippen LogP contribution in [0.15, 0.2) is 36.4 Å². The molecule has 0 radical (unpaired) electrons. The summed E-state index contributed by atoms with van der Waals surface area (Å²) in [4.78, 5) is 0. The highest BCUT2D eigenvalue weighted by molar-refractivity contribution is 6.31. The second kappa shape index (κ2) is 5.91. The molecule has 1 N–H and O–H groups in total. The summed E-state index contributed by atoms with van der Waals surface area (Å²) in [6.07, 6.45) is 0. The third-order valence-electron chi connectivity index (χ3n) is 3.09. The smallest absolute Gasteiger partial charge is 0.141 e. The first-order chi connectivity index (χ1) is 9.02. The quantitative estimate of drug-likeness (QED) is 0.862. The average Bonchev–Trinajstić information content (AvgIpc) is 2.39. The summed E-state index contributed by atoms with van der Waals surface area (Å²) in [5, 5.41) is 4.02. The molecular formula is C15H14Cl2FN. The van der Waals surface area contributed by atoms with Crippen molar-refractivity contribution in [3.05, 3.63) is 69.0 Å². The van der Waals surface area contributed by atoms with Crippen LogP contribution in [0.4, 0.5) is 4.39 Å². The molecule has 1 nitrogen and oxygen atoms in total. The Bertz CT molecular complexity index is 547. The fourth-order valence-corrected chi connectivity index (χ4v) is 2.38. The van der Waals surface area contributed by atoms with Crippen molar-refractivity contribution in [3.8, 4) is 0 Å². The third-order valence-corrected chi connectivity index (χ3v) is 3.79. The normalized spacial score (nSPS) is 12.5. The van der Waals surface area contributed by atoms with E-state index in [9.17, 15) is 4.39 Å². The van der Waals surface area contributed by atoms with Gasteiger partial charge in [0.15, 0.2) is 0 Å². The van der Waals surface area contributed by atoms with Crippen LogP contribution < -0.4 is 5.32 Å². The lowest BCUT2D eigenvalue weighted by Crippen LogP contribution is -2.17. The van der Waals surface area contributed by atoms with Gasteiger partial charge in [0, 0.05) is 5.02 Å². The zero-order valence-corrected chi connectivity index (χ0v) is 12.2. The highest BCUT2D eigenvalue weighted by Gasteiger charge is 2.14. The van der Waals surface area contributed by atoms with E-state index in [1.807, 2.05) is 32.2 Å². The van der Waals surface area contributed by atoms with Crippen molar-refractivity contribution in [3.63, 3.8) is 0 Å². The maximum atomic E-state index is 13.2. The zero-order chi connectivity index (χ0) is 14.0. The highest BCUT2D eigenvalue weighted by atomic mass is 35.5. The van der Waals surface area contributed by atoms with Crippen LogP contribution in [0.2, 0.25) is 10.0 Å². The highest BCUT2D eigenvalue weighted by Crippen LogP contribution is 2.28. The molecule has 0 heterocycles. The molecule has 2 aromatic rings. The predicted octanol–water partition coefficient (Wildman–Crippen LogP) is 4.75. The first-order valence-electron chi connectivity index (χ1n) is 5.91. The number of aryl methyl sites for hydroxylation is 1. The summed E-state index contributed by atoms with van der Waals surface area (Å²) < 4.78 is 13.2. The van der Waals surface area contributed by atoms with Gasteiger partial charge in [-0.1, -0.05) is 41.4 Å². The Morgan fingerprint density at radius 3 is 2.11 bits per heavy atom. The molecule has 4 heteroatoms. The van der Waals surface area contributed by atoms with E-state index < -0.39 is 5.82 Å². The minimum absolute atomic E-state index is 0.0730. The van der Waals surface area contributed by atoms with Crippen molar-refractivity contribution in [2.75, 3.05) is 7.05 Å². The summed E-state index contributed by atoms with van der Waals surface area (Å²) >= 11 is 12.0. The molecule has 1 unspecified atom stereocenters.